The van der Waals surface area contributed by atoms with Crippen molar-refractivity contribution >= 4 is 6.09 Å². The van der Waals surface area contributed by atoms with E-state index in [0.29, 0.717) is 0 Å². The van der Waals surface area contributed by atoms with Gasteiger partial charge in [-0.2, -0.15) is 0 Å². The van der Waals surface area contributed by atoms with Crippen molar-refractivity contribution in [3.8, 4) is 0 Å². The second-order valence-electron chi connectivity index (χ2n) is 4.53. The Morgan fingerprint density at radius 1 is 1.33 bits per heavy atom. The molecule has 0 bridgehead atoms. The van der Waals surface area contributed by atoms with Crippen molar-refractivity contribution in [2.45, 2.75) is 31.9 Å². The van der Waals surface area contributed by atoms with Gasteiger partial charge in [-0.05, 0) is 20.8 Å². The Kier molecular flexibility index (Phi) is 4.99. The molecule has 15 heavy (non-hydrogen) atoms. The predicted molar refractivity (Wildman–Crippen MR) is 55.3 cm³/mol. The van der Waals surface area contributed by atoms with Gasteiger partial charge in [-0.3, -0.25) is 0 Å². The van der Waals surface area contributed by atoms with E-state index in [9.17, 15) is 4.79 Å². The molecule has 0 aromatic heterocycles. The molecule has 0 aromatic carbocycles. The fourth-order valence-electron chi connectivity index (χ4n) is 0.724. The Morgan fingerprint density at radius 2 is 1.80 bits per heavy atom. The Hall–Kier alpha value is -0.850. The van der Waals surface area contributed by atoms with Gasteiger partial charge < -0.3 is 26.0 Å². The standard InChI is InChI=1S/C9H20N2O4/c1-8(2,3)15-7(14)11-4-9(10,5-12)6-13/h12-13H,4-6,10H2,1-3H3,(H,11,14). The molecule has 90 valence electrons. The van der Waals surface area contributed by atoms with Gasteiger partial charge in [-0.15, -0.1) is 0 Å². The number of carbonyl (C=O) groups excluding carboxylic acids is 1. The number of aliphatic hydroxyl groups excluding tert-OH is 2. The van der Waals surface area contributed by atoms with Gasteiger partial charge in [0, 0.05) is 6.54 Å². The Labute approximate surface area is 89.4 Å². The summed E-state index contributed by atoms with van der Waals surface area (Å²) in [6.07, 6.45) is -0.626. The van der Waals surface area contributed by atoms with E-state index >= 15 is 0 Å². The summed E-state index contributed by atoms with van der Waals surface area (Å²) in [5, 5.41) is 20.1. The van der Waals surface area contributed by atoms with Crippen molar-refractivity contribution in [3.05, 3.63) is 0 Å². The van der Waals surface area contributed by atoms with Crippen LogP contribution in [0.4, 0.5) is 4.79 Å². The van der Waals surface area contributed by atoms with Crippen LogP contribution in [0.2, 0.25) is 0 Å². The molecule has 6 nitrogen and oxygen atoms in total. The van der Waals surface area contributed by atoms with Crippen LogP contribution < -0.4 is 11.1 Å². The fraction of sp³-hybridized carbons (Fsp3) is 0.889. The van der Waals surface area contributed by atoms with E-state index in [1.807, 2.05) is 0 Å². The highest BCUT2D eigenvalue weighted by Crippen LogP contribution is 2.06. The average Bonchev–Trinajstić information content (AvgIpc) is 2.12. The number of amides is 1. The molecule has 0 aliphatic carbocycles. The molecule has 0 saturated carbocycles. The van der Waals surface area contributed by atoms with Crippen molar-refractivity contribution < 1.29 is 19.7 Å². The monoisotopic (exact) mass is 220 g/mol. The summed E-state index contributed by atoms with van der Waals surface area (Å²) in [5.41, 5.74) is 3.74. The van der Waals surface area contributed by atoms with Gasteiger partial charge in [0.15, 0.2) is 0 Å². The zero-order chi connectivity index (χ0) is 12.1. The van der Waals surface area contributed by atoms with Crippen LogP contribution in [0.5, 0.6) is 0 Å². The van der Waals surface area contributed by atoms with Gasteiger partial charge in [0.05, 0.1) is 18.8 Å². The number of hydrogen-bond acceptors (Lipinski definition) is 5. The molecule has 0 saturated heterocycles. The van der Waals surface area contributed by atoms with E-state index in [1.165, 1.54) is 0 Å². The summed E-state index contributed by atoms with van der Waals surface area (Å²) < 4.78 is 4.95. The highest BCUT2D eigenvalue weighted by Gasteiger charge is 2.25. The van der Waals surface area contributed by atoms with E-state index in [4.69, 9.17) is 20.7 Å². The van der Waals surface area contributed by atoms with Gasteiger partial charge >= 0.3 is 6.09 Å². The van der Waals surface area contributed by atoms with Crippen molar-refractivity contribution in [1.82, 2.24) is 5.32 Å². The van der Waals surface area contributed by atoms with Crippen LogP contribution in [0.1, 0.15) is 20.8 Å². The molecular formula is C9H20N2O4. The molecule has 0 aliphatic rings. The molecule has 5 N–H and O–H groups in total. The van der Waals surface area contributed by atoms with Crippen LogP contribution in [0.15, 0.2) is 0 Å². The highest BCUT2D eigenvalue weighted by atomic mass is 16.6. The van der Waals surface area contributed by atoms with E-state index in [-0.39, 0.29) is 6.54 Å². The van der Waals surface area contributed by atoms with Crippen molar-refractivity contribution in [3.63, 3.8) is 0 Å². The lowest BCUT2D eigenvalue weighted by atomic mass is 10.0. The molecule has 6 heteroatoms. The molecule has 0 spiro atoms. The normalized spacial score (nSPS) is 12.4. The molecule has 0 aliphatic heterocycles. The second kappa shape index (κ2) is 5.29. The van der Waals surface area contributed by atoms with Crippen LogP contribution in [0.25, 0.3) is 0 Å². The van der Waals surface area contributed by atoms with E-state index < -0.39 is 30.4 Å². The molecular weight excluding hydrogens is 200 g/mol. The molecule has 0 aromatic rings. The fourth-order valence-corrected chi connectivity index (χ4v) is 0.724. The number of ether oxygens (including phenoxy) is 1. The van der Waals surface area contributed by atoms with Crippen molar-refractivity contribution in [2.75, 3.05) is 19.8 Å². The SMILES string of the molecule is CC(C)(C)OC(=O)NCC(N)(CO)CO. The number of rotatable bonds is 4. The first-order valence-corrected chi connectivity index (χ1v) is 4.70. The summed E-state index contributed by atoms with van der Waals surface area (Å²) in [6.45, 7) is 4.33. The van der Waals surface area contributed by atoms with Gasteiger partial charge in [0.2, 0.25) is 0 Å². The summed E-state index contributed by atoms with van der Waals surface area (Å²) in [6, 6.07) is 0. The first kappa shape index (κ1) is 14.2. The lowest BCUT2D eigenvalue weighted by molar-refractivity contribution is 0.0483. The molecule has 0 rings (SSSR count). The minimum absolute atomic E-state index is 0.0467. The third-order valence-corrected chi connectivity index (χ3v) is 1.61. The topological polar surface area (TPSA) is 105 Å². The third-order valence-electron chi connectivity index (χ3n) is 1.61. The van der Waals surface area contributed by atoms with Crippen LogP contribution in [-0.2, 0) is 4.74 Å². The van der Waals surface area contributed by atoms with Gasteiger partial charge in [0.25, 0.3) is 0 Å². The van der Waals surface area contributed by atoms with Crippen LogP contribution in [-0.4, -0.2) is 47.2 Å². The largest absolute Gasteiger partial charge is 0.444 e. The second-order valence-corrected chi connectivity index (χ2v) is 4.53. The summed E-state index contributed by atoms with van der Waals surface area (Å²) in [4.78, 5) is 11.2. The summed E-state index contributed by atoms with van der Waals surface area (Å²) in [5.74, 6) is 0. The van der Waals surface area contributed by atoms with E-state index in [0.717, 1.165) is 0 Å². The van der Waals surface area contributed by atoms with Gasteiger partial charge in [-0.25, -0.2) is 4.79 Å². The lowest BCUT2D eigenvalue weighted by Crippen LogP contribution is -2.56. The van der Waals surface area contributed by atoms with E-state index in [1.54, 1.807) is 20.8 Å². The van der Waals surface area contributed by atoms with Gasteiger partial charge in [-0.1, -0.05) is 0 Å². The maximum absolute atomic E-state index is 11.2. The quantitative estimate of drug-likeness (QED) is 0.496. The van der Waals surface area contributed by atoms with Gasteiger partial charge in [0.1, 0.15) is 5.60 Å². The van der Waals surface area contributed by atoms with Crippen LogP contribution in [0.3, 0.4) is 0 Å². The number of alkyl carbamates (subject to hydrolysis) is 1. The Morgan fingerprint density at radius 3 is 2.13 bits per heavy atom. The van der Waals surface area contributed by atoms with Crippen molar-refractivity contribution in [2.24, 2.45) is 5.73 Å². The molecule has 0 atom stereocenters. The molecule has 0 heterocycles. The number of nitrogens with one attached hydrogen (secondary N) is 1. The predicted octanol–water partition coefficient (Wildman–Crippen LogP) is -0.807. The molecule has 0 fully saturated rings. The minimum atomic E-state index is -1.21. The number of carbonyl (C=O) groups is 1. The third kappa shape index (κ3) is 6.27. The molecule has 1 amide bonds. The average molecular weight is 220 g/mol. The van der Waals surface area contributed by atoms with Crippen molar-refractivity contribution in [1.29, 1.82) is 0 Å². The zero-order valence-corrected chi connectivity index (χ0v) is 9.41. The van der Waals surface area contributed by atoms with E-state index in [2.05, 4.69) is 5.32 Å². The molecule has 0 radical (unpaired) electrons. The maximum atomic E-state index is 11.2. The van der Waals surface area contributed by atoms with Crippen LogP contribution >= 0.6 is 0 Å². The Bertz CT molecular complexity index is 209. The number of aliphatic hydroxyl groups is 2. The zero-order valence-electron chi connectivity index (χ0n) is 9.41. The number of hydrogen-bond donors (Lipinski definition) is 4. The maximum Gasteiger partial charge on any atom is 0.407 e. The number of nitrogens with two attached hydrogens (primary N) is 1. The van der Waals surface area contributed by atoms with Crippen LogP contribution in [0, 0.1) is 0 Å². The minimum Gasteiger partial charge on any atom is -0.444 e. The summed E-state index contributed by atoms with van der Waals surface area (Å²) in [7, 11) is 0. The summed E-state index contributed by atoms with van der Waals surface area (Å²) >= 11 is 0. The highest BCUT2D eigenvalue weighted by molar-refractivity contribution is 5.67. The first-order chi connectivity index (χ1) is 6.72. The lowest BCUT2D eigenvalue weighted by Gasteiger charge is -2.26. The first-order valence-electron chi connectivity index (χ1n) is 4.70. The Balaban J connectivity index is 4.00. The smallest absolute Gasteiger partial charge is 0.407 e. The molecule has 0 unspecified atom stereocenters.